The van der Waals surface area contributed by atoms with Gasteiger partial charge in [0.1, 0.15) is 5.75 Å². The lowest BCUT2D eigenvalue weighted by molar-refractivity contribution is -0.144. The van der Waals surface area contributed by atoms with Crippen LogP contribution in [0, 0.1) is 16.7 Å². The molecule has 3 amide bonds. The molecular weight excluding hydrogens is 751 g/mol. The van der Waals surface area contributed by atoms with Crippen LogP contribution in [0.15, 0.2) is 91.1 Å². The SMILES string of the molecule is O=C1CC[C@H](c2ccc(N3CCC4(CC3)CC(CN3CC5(CCN(C(=O)C6(c7ccccc7)CCN(c7cnnc(-c8ccccc8O)c7)CC6)CC5)C3)C4)cc2)C(=O)N1. The summed E-state index contributed by atoms with van der Waals surface area (Å²) in [5, 5.41) is 21.5. The molecule has 2 N–H and O–H groups in total. The van der Waals surface area contributed by atoms with Crippen LogP contribution in [0.4, 0.5) is 11.4 Å². The molecule has 0 bridgehead atoms. The summed E-state index contributed by atoms with van der Waals surface area (Å²) in [7, 11) is 0. The predicted molar refractivity (Wildman–Crippen MR) is 232 cm³/mol. The first kappa shape index (κ1) is 38.9. The lowest BCUT2D eigenvalue weighted by atomic mass is 9.57. The fraction of sp³-hybridized carbons (Fsp3) is 0.490. The summed E-state index contributed by atoms with van der Waals surface area (Å²) < 4.78 is 0. The first-order valence-electron chi connectivity index (χ1n) is 22.3. The third-order valence-corrected chi connectivity index (χ3v) is 15.5. The summed E-state index contributed by atoms with van der Waals surface area (Å²) in [5.41, 5.74) is 5.91. The van der Waals surface area contributed by atoms with Crippen LogP contribution in [0.5, 0.6) is 5.75 Å². The molecule has 6 fully saturated rings. The van der Waals surface area contributed by atoms with Gasteiger partial charge in [0.15, 0.2) is 0 Å². The maximum absolute atomic E-state index is 14.7. The van der Waals surface area contributed by atoms with Gasteiger partial charge in [-0.05, 0) is 116 Å². The van der Waals surface area contributed by atoms with Crippen LogP contribution in [0.2, 0.25) is 0 Å². The fourth-order valence-electron chi connectivity index (χ4n) is 12.0. The molecule has 2 spiro atoms. The zero-order valence-electron chi connectivity index (χ0n) is 34.6. The molecule has 10 rings (SSSR count). The molecule has 11 nitrogen and oxygen atoms in total. The number of carbonyl (C=O) groups is 3. The Balaban J connectivity index is 0.692. The van der Waals surface area contributed by atoms with Gasteiger partial charge in [-0.25, -0.2) is 0 Å². The number of aromatic nitrogens is 2. The Labute approximate surface area is 353 Å². The van der Waals surface area contributed by atoms with E-state index >= 15 is 0 Å². The highest BCUT2D eigenvalue weighted by molar-refractivity contribution is 6.01. The summed E-state index contributed by atoms with van der Waals surface area (Å²) in [4.78, 5) is 48.4. The second kappa shape index (κ2) is 15.6. The zero-order valence-corrected chi connectivity index (χ0v) is 34.6. The smallest absolute Gasteiger partial charge is 0.234 e. The number of carbonyl (C=O) groups excluding carboxylic acids is 3. The highest BCUT2D eigenvalue weighted by atomic mass is 16.3. The Hall–Kier alpha value is -5.29. The molecule has 11 heteroatoms. The van der Waals surface area contributed by atoms with Crippen LogP contribution in [0.1, 0.15) is 81.3 Å². The van der Waals surface area contributed by atoms with Gasteiger partial charge in [-0.1, -0.05) is 54.6 Å². The Bertz CT molecular complexity index is 2210. The quantitative estimate of drug-likeness (QED) is 0.192. The van der Waals surface area contributed by atoms with Gasteiger partial charge in [0.05, 0.1) is 28.9 Å². The van der Waals surface area contributed by atoms with Crippen molar-refractivity contribution in [3.8, 4) is 17.0 Å². The number of benzene rings is 3. The minimum Gasteiger partial charge on any atom is -0.507 e. The standard InChI is InChI=1S/C49H57N7O4/c57-43-9-5-4-8-41(43)42-28-39(31-50-52-42)55-26-20-49(21-27-55,37-6-2-1-3-7-37)46(60)56-24-18-48(19-25-56)33-53(34-48)32-35-29-47(30-35)16-22-54(23-17-47)38-12-10-36(11-13-38)40-14-15-44(58)51-45(40)59/h1-13,28,31,35,40,57H,14-27,29-30,32-34H2,(H,51,58,59)/t40-/m1/s1. The molecule has 5 aliphatic heterocycles. The fourth-order valence-corrected chi connectivity index (χ4v) is 12.0. The lowest BCUT2D eigenvalue weighted by Crippen LogP contribution is -2.63. The molecule has 4 aromatic rings. The van der Waals surface area contributed by atoms with Crippen LogP contribution in [0.25, 0.3) is 11.3 Å². The number of amides is 3. The Kier molecular flexibility index (Phi) is 10.1. The number of hydrogen-bond acceptors (Lipinski definition) is 9. The van der Waals surface area contributed by atoms with E-state index in [0.717, 1.165) is 87.7 Å². The number of para-hydroxylation sites is 1. The number of nitrogens with one attached hydrogen (secondary N) is 1. The van der Waals surface area contributed by atoms with E-state index in [1.54, 1.807) is 18.3 Å². The minimum absolute atomic E-state index is 0.169. The Morgan fingerprint density at radius 2 is 1.40 bits per heavy atom. The van der Waals surface area contributed by atoms with E-state index in [2.05, 4.69) is 83.6 Å². The Morgan fingerprint density at radius 1 is 0.750 bits per heavy atom. The predicted octanol–water partition coefficient (Wildman–Crippen LogP) is 6.53. The molecule has 312 valence electrons. The summed E-state index contributed by atoms with van der Waals surface area (Å²) in [6.45, 7) is 8.87. The van der Waals surface area contributed by atoms with Gasteiger partial charge in [0.2, 0.25) is 17.7 Å². The molecule has 0 unspecified atom stereocenters. The first-order chi connectivity index (χ1) is 29.2. The van der Waals surface area contributed by atoms with Crippen LogP contribution >= 0.6 is 0 Å². The molecular formula is C49H57N7O4. The number of rotatable bonds is 8. The van der Waals surface area contributed by atoms with Gasteiger partial charge in [0.25, 0.3) is 0 Å². The van der Waals surface area contributed by atoms with Crippen molar-refractivity contribution in [3.63, 3.8) is 0 Å². The molecule has 3 aromatic carbocycles. The number of aromatic hydroxyl groups is 1. The molecule has 6 heterocycles. The number of hydrogen-bond donors (Lipinski definition) is 2. The molecule has 6 aliphatic rings. The average molecular weight is 808 g/mol. The molecule has 1 atom stereocenters. The van der Waals surface area contributed by atoms with Crippen molar-refractivity contribution in [2.24, 2.45) is 16.7 Å². The van der Waals surface area contributed by atoms with E-state index in [0.29, 0.717) is 34.9 Å². The third-order valence-electron chi connectivity index (χ3n) is 15.5. The number of phenols is 1. The van der Waals surface area contributed by atoms with Gasteiger partial charge >= 0.3 is 0 Å². The summed E-state index contributed by atoms with van der Waals surface area (Å²) in [6.07, 6.45) is 11.6. The topological polar surface area (TPSA) is 122 Å². The normalized spacial score (nSPS) is 23.9. The second-order valence-corrected chi connectivity index (χ2v) is 19.1. The van der Waals surface area contributed by atoms with Crippen molar-refractivity contribution < 1.29 is 19.5 Å². The van der Waals surface area contributed by atoms with E-state index in [9.17, 15) is 19.5 Å². The molecule has 0 radical (unpaired) electrons. The van der Waals surface area contributed by atoms with Gasteiger partial charge in [-0.3, -0.25) is 19.7 Å². The first-order valence-corrected chi connectivity index (χ1v) is 22.3. The molecule has 1 aliphatic carbocycles. The summed E-state index contributed by atoms with van der Waals surface area (Å²) >= 11 is 0. The maximum atomic E-state index is 14.7. The molecule has 5 saturated heterocycles. The Morgan fingerprint density at radius 3 is 2.10 bits per heavy atom. The summed E-state index contributed by atoms with van der Waals surface area (Å²) in [6, 6.07) is 28.1. The number of imide groups is 1. The van der Waals surface area contributed by atoms with Crippen molar-refractivity contribution in [2.45, 2.75) is 75.5 Å². The number of piperidine rings is 4. The highest BCUT2D eigenvalue weighted by Gasteiger charge is 2.52. The van der Waals surface area contributed by atoms with Crippen molar-refractivity contribution in [1.29, 1.82) is 0 Å². The maximum Gasteiger partial charge on any atom is 0.234 e. The van der Waals surface area contributed by atoms with E-state index in [1.807, 2.05) is 24.3 Å². The molecule has 60 heavy (non-hydrogen) atoms. The number of likely N-dealkylation sites (tertiary alicyclic amines) is 2. The zero-order chi connectivity index (χ0) is 40.9. The van der Waals surface area contributed by atoms with Gasteiger partial charge in [-0.2, -0.15) is 10.2 Å². The lowest BCUT2D eigenvalue weighted by Gasteiger charge is -2.58. The average Bonchev–Trinajstić information content (AvgIpc) is 3.26. The largest absolute Gasteiger partial charge is 0.507 e. The van der Waals surface area contributed by atoms with Crippen LogP contribution in [0.3, 0.4) is 0 Å². The minimum atomic E-state index is -0.548. The number of phenolic OH excluding ortho intramolecular Hbond substituents is 1. The van der Waals surface area contributed by atoms with Crippen molar-refractivity contribution in [1.82, 2.24) is 25.3 Å². The van der Waals surface area contributed by atoms with Gasteiger partial charge < -0.3 is 24.7 Å². The van der Waals surface area contributed by atoms with Crippen molar-refractivity contribution in [3.05, 3.63) is 102 Å². The van der Waals surface area contributed by atoms with Crippen molar-refractivity contribution in [2.75, 3.05) is 68.7 Å². The van der Waals surface area contributed by atoms with Gasteiger partial charge in [0, 0.05) is 76.6 Å². The van der Waals surface area contributed by atoms with Crippen molar-refractivity contribution >= 4 is 29.1 Å². The molecule has 1 aromatic heterocycles. The summed E-state index contributed by atoms with van der Waals surface area (Å²) in [5.74, 6) is 0.693. The highest BCUT2D eigenvalue weighted by Crippen LogP contribution is 2.54. The second-order valence-electron chi connectivity index (χ2n) is 19.1. The van der Waals surface area contributed by atoms with E-state index < -0.39 is 5.41 Å². The number of anilines is 2. The van der Waals surface area contributed by atoms with E-state index in [-0.39, 0.29) is 29.4 Å². The van der Waals surface area contributed by atoms with Crippen LogP contribution in [-0.2, 0) is 19.8 Å². The van der Waals surface area contributed by atoms with Gasteiger partial charge in [-0.15, -0.1) is 0 Å². The monoisotopic (exact) mass is 807 g/mol. The molecule has 1 saturated carbocycles. The number of nitrogens with zero attached hydrogens (tertiary/aromatic N) is 6. The van der Waals surface area contributed by atoms with E-state index in [4.69, 9.17) is 0 Å². The third kappa shape index (κ3) is 7.33. The van der Waals surface area contributed by atoms with Crippen LogP contribution < -0.4 is 15.1 Å². The van der Waals surface area contributed by atoms with Crippen LogP contribution in [-0.4, -0.2) is 102 Å². The van der Waals surface area contributed by atoms with E-state index in [1.165, 1.54) is 51.0 Å².